The Balaban J connectivity index is 2.28. The molecule has 5 heteroatoms. The molecule has 0 bridgehead atoms. The minimum Gasteiger partial charge on any atom is -0.381 e. The summed E-state index contributed by atoms with van der Waals surface area (Å²) in [6.07, 6.45) is 7.09. The molecule has 1 aromatic heterocycles. The van der Waals surface area contributed by atoms with Gasteiger partial charge >= 0.3 is 0 Å². The summed E-state index contributed by atoms with van der Waals surface area (Å²) in [6, 6.07) is 0.113. The molecule has 1 unspecified atom stereocenters. The molecule has 106 valence electrons. The van der Waals surface area contributed by atoms with E-state index in [0.29, 0.717) is 6.61 Å². The van der Waals surface area contributed by atoms with Crippen molar-refractivity contribution in [1.82, 2.24) is 15.3 Å². The van der Waals surface area contributed by atoms with Gasteiger partial charge in [0.15, 0.2) is 0 Å². The number of nitrogens with one attached hydrogen (secondary N) is 1. The molecule has 0 radical (unpaired) electrons. The van der Waals surface area contributed by atoms with Crippen LogP contribution in [-0.4, -0.2) is 41.9 Å². The van der Waals surface area contributed by atoms with E-state index in [-0.39, 0.29) is 11.6 Å². The highest BCUT2D eigenvalue weighted by Crippen LogP contribution is 2.37. The molecule has 1 atom stereocenters. The fraction of sp³-hybridized carbons (Fsp3) is 0.714. The quantitative estimate of drug-likeness (QED) is 0.848. The van der Waals surface area contributed by atoms with E-state index in [4.69, 9.17) is 9.47 Å². The van der Waals surface area contributed by atoms with Crippen molar-refractivity contribution in [2.24, 2.45) is 0 Å². The fourth-order valence-electron chi connectivity index (χ4n) is 2.79. The zero-order valence-corrected chi connectivity index (χ0v) is 11.8. The molecule has 1 N–H and O–H groups in total. The molecule has 1 aromatic rings. The predicted molar refractivity (Wildman–Crippen MR) is 72.9 cm³/mol. The lowest BCUT2D eigenvalue weighted by Gasteiger charge is -2.43. The van der Waals surface area contributed by atoms with Crippen molar-refractivity contribution in [3.63, 3.8) is 0 Å². The second kappa shape index (κ2) is 6.93. The van der Waals surface area contributed by atoms with Crippen LogP contribution in [0.5, 0.6) is 0 Å². The molecular weight excluding hydrogens is 242 g/mol. The van der Waals surface area contributed by atoms with Crippen molar-refractivity contribution >= 4 is 0 Å². The normalized spacial score (nSPS) is 20.1. The summed E-state index contributed by atoms with van der Waals surface area (Å²) in [7, 11) is 0. The second-order valence-electron chi connectivity index (χ2n) is 4.77. The summed E-state index contributed by atoms with van der Waals surface area (Å²) in [5.74, 6) is 0. The molecule has 1 saturated heterocycles. The predicted octanol–water partition coefficient (Wildman–Crippen LogP) is 1.71. The van der Waals surface area contributed by atoms with E-state index in [1.807, 2.05) is 19.3 Å². The summed E-state index contributed by atoms with van der Waals surface area (Å²) in [5.41, 5.74) is 0.868. The van der Waals surface area contributed by atoms with Crippen LogP contribution in [-0.2, 0) is 9.47 Å². The third-order valence-corrected chi connectivity index (χ3v) is 3.62. The van der Waals surface area contributed by atoms with E-state index >= 15 is 0 Å². The standard InChI is InChI=1S/C14H23N3O2/c1-3-17-13(12-9-15-11-16-10-12)14(19-4-2)5-7-18-8-6-14/h9-11,13,17H,3-8H2,1-2H3. The maximum absolute atomic E-state index is 6.14. The molecule has 2 rings (SSSR count). The SMILES string of the molecule is CCNC(c1cncnc1)C1(OCC)CCOCC1. The van der Waals surface area contributed by atoms with Gasteiger partial charge in [-0.1, -0.05) is 6.92 Å². The summed E-state index contributed by atoms with van der Waals surface area (Å²) in [6.45, 7) is 7.23. The van der Waals surface area contributed by atoms with Crippen LogP contribution in [0.4, 0.5) is 0 Å². The van der Waals surface area contributed by atoms with Crippen molar-refractivity contribution in [3.05, 3.63) is 24.3 Å². The lowest BCUT2D eigenvalue weighted by atomic mass is 9.82. The molecule has 1 aliphatic rings. The van der Waals surface area contributed by atoms with E-state index in [1.54, 1.807) is 6.33 Å². The number of aromatic nitrogens is 2. The van der Waals surface area contributed by atoms with E-state index in [0.717, 1.165) is 38.2 Å². The Hall–Kier alpha value is -1.04. The first-order chi connectivity index (χ1) is 9.32. The van der Waals surface area contributed by atoms with Gasteiger partial charge in [0, 0.05) is 50.6 Å². The number of likely N-dealkylation sites (N-methyl/N-ethyl adjacent to an activating group) is 1. The smallest absolute Gasteiger partial charge is 0.115 e. The van der Waals surface area contributed by atoms with E-state index in [9.17, 15) is 0 Å². The number of hydrogen-bond acceptors (Lipinski definition) is 5. The molecular formula is C14H23N3O2. The zero-order valence-electron chi connectivity index (χ0n) is 11.8. The Labute approximate surface area is 114 Å². The van der Waals surface area contributed by atoms with Crippen molar-refractivity contribution in [3.8, 4) is 0 Å². The number of ether oxygens (including phenoxy) is 2. The van der Waals surface area contributed by atoms with Gasteiger partial charge in [-0.15, -0.1) is 0 Å². The minimum absolute atomic E-state index is 0.113. The van der Waals surface area contributed by atoms with Crippen molar-refractivity contribution < 1.29 is 9.47 Å². The summed E-state index contributed by atoms with van der Waals surface area (Å²) < 4.78 is 11.6. The average molecular weight is 265 g/mol. The molecule has 0 amide bonds. The molecule has 0 saturated carbocycles. The van der Waals surface area contributed by atoms with Crippen LogP contribution in [0.15, 0.2) is 18.7 Å². The van der Waals surface area contributed by atoms with E-state index < -0.39 is 0 Å². The van der Waals surface area contributed by atoms with Crippen LogP contribution in [0.2, 0.25) is 0 Å². The number of rotatable bonds is 6. The summed E-state index contributed by atoms with van der Waals surface area (Å²) in [4.78, 5) is 8.27. The van der Waals surface area contributed by atoms with Gasteiger partial charge in [0.2, 0.25) is 0 Å². The summed E-state index contributed by atoms with van der Waals surface area (Å²) >= 11 is 0. The van der Waals surface area contributed by atoms with Gasteiger partial charge in [-0.25, -0.2) is 9.97 Å². The average Bonchev–Trinajstić information content (AvgIpc) is 2.47. The molecule has 1 fully saturated rings. The third kappa shape index (κ3) is 3.29. The van der Waals surface area contributed by atoms with Crippen molar-refractivity contribution in [2.75, 3.05) is 26.4 Å². The third-order valence-electron chi connectivity index (χ3n) is 3.62. The van der Waals surface area contributed by atoms with Gasteiger partial charge in [0.25, 0.3) is 0 Å². The molecule has 0 aliphatic carbocycles. The highest BCUT2D eigenvalue weighted by atomic mass is 16.5. The van der Waals surface area contributed by atoms with E-state index in [1.165, 1.54) is 0 Å². The Morgan fingerprint density at radius 3 is 2.58 bits per heavy atom. The van der Waals surface area contributed by atoms with Crippen LogP contribution in [0.1, 0.15) is 38.3 Å². The van der Waals surface area contributed by atoms with Crippen molar-refractivity contribution in [2.45, 2.75) is 38.3 Å². The zero-order chi connectivity index (χ0) is 13.6. The Kier molecular flexibility index (Phi) is 5.24. The highest BCUT2D eigenvalue weighted by Gasteiger charge is 2.41. The first-order valence-corrected chi connectivity index (χ1v) is 7.02. The van der Waals surface area contributed by atoms with Gasteiger partial charge in [-0.05, 0) is 13.5 Å². The molecule has 0 spiro atoms. The lowest BCUT2D eigenvalue weighted by molar-refractivity contribution is -0.127. The lowest BCUT2D eigenvalue weighted by Crippen LogP contribution is -2.50. The molecule has 2 heterocycles. The minimum atomic E-state index is -0.215. The largest absolute Gasteiger partial charge is 0.381 e. The van der Waals surface area contributed by atoms with Gasteiger partial charge in [-0.3, -0.25) is 0 Å². The first-order valence-electron chi connectivity index (χ1n) is 7.02. The topological polar surface area (TPSA) is 56.3 Å². The Morgan fingerprint density at radius 2 is 2.00 bits per heavy atom. The molecule has 5 nitrogen and oxygen atoms in total. The second-order valence-corrected chi connectivity index (χ2v) is 4.77. The molecule has 1 aliphatic heterocycles. The number of hydrogen-bond donors (Lipinski definition) is 1. The first kappa shape index (κ1) is 14.4. The molecule has 0 aromatic carbocycles. The maximum atomic E-state index is 6.14. The van der Waals surface area contributed by atoms with Crippen LogP contribution in [0, 0.1) is 0 Å². The van der Waals surface area contributed by atoms with Crippen LogP contribution in [0.3, 0.4) is 0 Å². The highest BCUT2D eigenvalue weighted by molar-refractivity contribution is 5.16. The summed E-state index contributed by atoms with van der Waals surface area (Å²) in [5, 5.41) is 3.53. The Morgan fingerprint density at radius 1 is 1.32 bits per heavy atom. The van der Waals surface area contributed by atoms with Gasteiger partial charge in [-0.2, -0.15) is 0 Å². The molecule has 19 heavy (non-hydrogen) atoms. The fourth-order valence-corrected chi connectivity index (χ4v) is 2.79. The van der Waals surface area contributed by atoms with Gasteiger partial charge in [0.05, 0.1) is 11.6 Å². The van der Waals surface area contributed by atoms with Crippen LogP contribution in [0.25, 0.3) is 0 Å². The van der Waals surface area contributed by atoms with E-state index in [2.05, 4.69) is 22.2 Å². The monoisotopic (exact) mass is 265 g/mol. The number of nitrogens with zero attached hydrogens (tertiary/aromatic N) is 2. The Bertz CT molecular complexity index is 361. The van der Waals surface area contributed by atoms with Crippen molar-refractivity contribution in [1.29, 1.82) is 0 Å². The van der Waals surface area contributed by atoms with Gasteiger partial charge in [0.1, 0.15) is 6.33 Å². The van der Waals surface area contributed by atoms with Crippen LogP contribution < -0.4 is 5.32 Å². The van der Waals surface area contributed by atoms with Gasteiger partial charge < -0.3 is 14.8 Å². The van der Waals surface area contributed by atoms with Crippen LogP contribution >= 0.6 is 0 Å². The maximum Gasteiger partial charge on any atom is 0.115 e.